The minimum atomic E-state index is 0.503. The Morgan fingerprint density at radius 2 is 2.05 bits per heavy atom. The van der Waals surface area contributed by atoms with Crippen molar-refractivity contribution in [2.75, 3.05) is 5.73 Å². The molecule has 0 radical (unpaired) electrons. The summed E-state index contributed by atoms with van der Waals surface area (Å²) in [5.41, 5.74) is 8.70. The molecule has 0 aliphatic carbocycles. The van der Waals surface area contributed by atoms with Crippen LogP contribution in [0.15, 0.2) is 55.2 Å². The first-order chi connectivity index (χ1) is 9.33. The molecule has 3 rings (SSSR count). The molecule has 5 heteroatoms. The van der Waals surface area contributed by atoms with E-state index in [9.17, 15) is 0 Å². The van der Waals surface area contributed by atoms with Gasteiger partial charge in [0.1, 0.15) is 5.82 Å². The van der Waals surface area contributed by atoms with E-state index in [4.69, 9.17) is 5.73 Å². The van der Waals surface area contributed by atoms with Crippen LogP contribution in [0.25, 0.3) is 11.3 Å². The third-order valence-electron chi connectivity index (χ3n) is 2.85. The fourth-order valence-electron chi connectivity index (χ4n) is 1.96. The van der Waals surface area contributed by atoms with Crippen molar-refractivity contribution >= 4 is 5.82 Å². The lowest BCUT2D eigenvalue weighted by atomic mass is 10.2. The maximum atomic E-state index is 5.71. The second-order valence-corrected chi connectivity index (χ2v) is 4.20. The van der Waals surface area contributed by atoms with Crippen molar-refractivity contribution in [2.24, 2.45) is 0 Å². The van der Waals surface area contributed by atoms with Crippen molar-refractivity contribution in [3.63, 3.8) is 0 Å². The van der Waals surface area contributed by atoms with Gasteiger partial charge in [0.2, 0.25) is 0 Å². The van der Waals surface area contributed by atoms with E-state index in [0.717, 1.165) is 17.0 Å². The van der Waals surface area contributed by atoms with Gasteiger partial charge in [-0.25, -0.2) is 9.97 Å². The van der Waals surface area contributed by atoms with Gasteiger partial charge in [0.25, 0.3) is 0 Å². The topological polar surface area (TPSA) is 69.6 Å². The standard InChI is InChI=1S/C14H13N5/c15-14-7-11(4-6-18-14)13-8-16-10-19(13)9-12-3-1-2-5-17-12/h1-8,10H,9H2,(H2,15,18). The highest BCUT2D eigenvalue weighted by atomic mass is 15.1. The Bertz CT molecular complexity index is 675. The van der Waals surface area contributed by atoms with Crippen LogP contribution in [-0.4, -0.2) is 19.5 Å². The molecule has 0 spiro atoms. The smallest absolute Gasteiger partial charge is 0.123 e. The Labute approximate surface area is 110 Å². The van der Waals surface area contributed by atoms with Crippen molar-refractivity contribution < 1.29 is 0 Å². The zero-order valence-corrected chi connectivity index (χ0v) is 10.3. The van der Waals surface area contributed by atoms with Gasteiger partial charge < -0.3 is 10.3 Å². The van der Waals surface area contributed by atoms with Gasteiger partial charge in [-0.1, -0.05) is 6.07 Å². The molecule has 0 fully saturated rings. The van der Waals surface area contributed by atoms with E-state index < -0.39 is 0 Å². The molecular weight excluding hydrogens is 238 g/mol. The van der Waals surface area contributed by atoms with Gasteiger partial charge in [-0.2, -0.15) is 0 Å². The summed E-state index contributed by atoms with van der Waals surface area (Å²) in [6.45, 7) is 0.679. The molecule has 0 saturated carbocycles. The summed E-state index contributed by atoms with van der Waals surface area (Å²) in [6.07, 6.45) is 7.09. The first-order valence-electron chi connectivity index (χ1n) is 5.95. The number of hydrogen-bond donors (Lipinski definition) is 1. The van der Waals surface area contributed by atoms with E-state index in [-0.39, 0.29) is 0 Å². The van der Waals surface area contributed by atoms with Crippen LogP contribution in [0.4, 0.5) is 5.82 Å². The number of hydrogen-bond acceptors (Lipinski definition) is 4. The second kappa shape index (κ2) is 4.89. The summed E-state index contributed by atoms with van der Waals surface area (Å²) < 4.78 is 2.04. The van der Waals surface area contributed by atoms with E-state index in [1.165, 1.54) is 0 Å². The van der Waals surface area contributed by atoms with Gasteiger partial charge in [-0.15, -0.1) is 0 Å². The summed E-state index contributed by atoms with van der Waals surface area (Å²) in [5.74, 6) is 0.503. The van der Waals surface area contributed by atoms with Crippen LogP contribution in [0.5, 0.6) is 0 Å². The molecule has 0 aromatic carbocycles. The van der Waals surface area contributed by atoms with Crippen LogP contribution < -0.4 is 5.73 Å². The monoisotopic (exact) mass is 251 g/mol. The number of nitrogens with zero attached hydrogens (tertiary/aromatic N) is 4. The van der Waals surface area contributed by atoms with Crippen LogP contribution in [-0.2, 0) is 6.54 Å². The molecule has 0 amide bonds. The highest BCUT2D eigenvalue weighted by Gasteiger charge is 2.06. The Balaban J connectivity index is 1.95. The Morgan fingerprint density at radius 3 is 2.84 bits per heavy atom. The molecule has 0 aliphatic rings. The van der Waals surface area contributed by atoms with Gasteiger partial charge in [0.15, 0.2) is 0 Å². The molecule has 0 aliphatic heterocycles. The molecule has 3 aromatic rings. The van der Waals surface area contributed by atoms with Gasteiger partial charge in [0.05, 0.1) is 30.5 Å². The Kier molecular flexibility index (Phi) is 2.94. The number of nitrogen functional groups attached to an aromatic ring is 1. The molecule has 19 heavy (non-hydrogen) atoms. The van der Waals surface area contributed by atoms with E-state index in [2.05, 4.69) is 15.0 Å². The van der Waals surface area contributed by atoms with Crippen molar-refractivity contribution in [1.82, 2.24) is 19.5 Å². The first-order valence-corrected chi connectivity index (χ1v) is 5.95. The maximum absolute atomic E-state index is 5.71. The predicted octanol–water partition coefficient (Wildman–Crippen LogP) is 1.97. The molecule has 0 bridgehead atoms. The lowest BCUT2D eigenvalue weighted by molar-refractivity contribution is 0.780. The third-order valence-corrected chi connectivity index (χ3v) is 2.85. The molecule has 3 aromatic heterocycles. The highest BCUT2D eigenvalue weighted by molar-refractivity contribution is 5.61. The molecule has 2 N–H and O–H groups in total. The van der Waals surface area contributed by atoms with E-state index in [1.807, 2.05) is 41.1 Å². The predicted molar refractivity (Wildman–Crippen MR) is 73.2 cm³/mol. The molecule has 5 nitrogen and oxygen atoms in total. The van der Waals surface area contributed by atoms with Crippen molar-refractivity contribution in [3.8, 4) is 11.3 Å². The van der Waals surface area contributed by atoms with Crippen LogP contribution >= 0.6 is 0 Å². The number of anilines is 1. The number of nitrogens with two attached hydrogens (primary N) is 1. The number of imidazole rings is 1. The summed E-state index contributed by atoms with van der Waals surface area (Å²) in [6, 6.07) is 9.63. The van der Waals surface area contributed by atoms with E-state index in [1.54, 1.807) is 18.7 Å². The molecule has 3 heterocycles. The molecule has 0 atom stereocenters. The second-order valence-electron chi connectivity index (χ2n) is 4.20. The average molecular weight is 251 g/mol. The minimum absolute atomic E-state index is 0.503. The first kappa shape index (κ1) is 11.4. The quantitative estimate of drug-likeness (QED) is 0.772. The van der Waals surface area contributed by atoms with Gasteiger partial charge in [0, 0.05) is 18.0 Å². The zero-order chi connectivity index (χ0) is 13.1. The van der Waals surface area contributed by atoms with Gasteiger partial charge in [-0.3, -0.25) is 4.98 Å². The van der Waals surface area contributed by atoms with Crippen LogP contribution in [0, 0.1) is 0 Å². The fourth-order valence-corrected chi connectivity index (χ4v) is 1.96. The fraction of sp³-hybridized carbons (Fsp3) is 0.0714. The van der Waals surface area contributed by atoms with Gasteiger partial charge in [-0.05, 0) is 24.3 Å². The van der Waals surface area contributed by atoms with Crippen LogP contribution in [0.2, 0.25) is 0 Å². The molecule has 94 valence electrons. The van der Waals surface area contributed by atoms with Crippen molar-refractivity contribution in [2.45, 2.75) is 6.54 Å². The third kappa shape index (κ3) is 2.44. The van der Waals surface area contributed by atoms with Gasteiger partial charge >= 0.3 is 0 Å². The largest absolute Gasteiger partial charge is 0.384 e. The maximum Gasteiger partial charge on any atom is 0.123 e. The number of aromatic nitrogens is 4. The lowest BCUT2D eigenvalue weighted by Crippen LogP contribution is -2.02. The normalized spacial score (nSPS) is 10.5. The van der Waals surface area contributed by atoms with Crippen molar-refractivity contribution in [3.05, 3.63) is 60.9 Å². The van der Waals surface area contributed by atoms with Crippen LogP contribution in [0.1, 0.15) is 5.69 Å². The summed E-state index contributed by atoms with van der Waals surface area (Å²) in [5, 5.41) is 0. The summed E-state index contributed by atoms with van der Waals surface area (Å²) in [4.78, 5) is 12.5. The minimum Gasteiger partial charge on any atom is -0.384 e. The average Bonchev–Trinajstić information content (AvgIpc) is 2.88. The lowest BCUT2D eigenvalue weighted by Gasteiger charge is -2.08. The van der Waals surface area contributed by atoms with Crippen LogP contribution in [0.3, 0.4) is 0 Å². The van der Waals surface area contributed by atoms with E-state index in [0.29, 0.717) is 12.4 Å². The Hall–Kier alpha value is -2.69. The van der Waals surface area contributed by atoms with Crippen molar-refractivity contribution in [1.29, 1.82) is 0 Å². The molecular formula is C14H13N5. The highest BCUT2D eigenvalue weighted by Crippen LogP contribution is 2.20. The molecule has 0 unspecified atom stereocenters. The summed E-state index contributed by atoms with van der Waals surface area (Å²) in [7, 11) is 0. The SMILES string of the molecule is Nc1cc(-c2cncn2Cc2ccccn2)ccn1. The zero-order valence-electron chi connectivity index (χ0n) is 10.3. The Morgan fingerprint density at radius 1 is 1.11 bits per heavy atom. The number of pyridine rings is 2. The molecule has 0 saturated heterocycles. The van der Waals surface area contributed by atoms with E-state index >= 15 is 0 Å². The number of rotatable bonds is 3. The summed E-state index contributed by atoms with van der Waals surface area (Å²) >= 11 is 0.